The second-order valence-corrected chi connectivity index (χ2v) is 6.06. The van der Waals surface area contributed by atoms with Crippen LogP contribution in [0.2, 0.25) is 0 Å². The lowest BCUT2D eigenvalue weighted by Gasteiger charge is -2.12. The number of anilines is 1. The molecule has 0 aliphatic carbocycles. The maximum absolute atomic E-state index is 11.8. The summed E-state index contributed by atoms with van der Waals surface area (Å²) in [6.45, 7) is 2.93. The van der Waals surface area contributed by atoms with Crippen molar-refractivity contribution in [2.24, 2.45) is 0 Å². The number of carbonyl (C=O) groups is 1. The lowest BCUT2D eigenvalue weighted by atomic mass is 10.1. The normalized spacial score (nSPS) is 10.3. The van der Waals surface area contributed by atoms with Crippen molar-refractivity contribution >= 4 is 11.5 Å². The van der Waals surface area contributed by atoms with Crippen molar-refractivity contribution in [3.63, 3.8) is 0 Å². The molecule has 0 fully saturated rings. The van der Waals surface area contributed by atoms with E-state index < -0.39 is 0 Å². The monoisotopic (exact) mass is 344 g/mol. The zero-order valence-corrected chi connectivity index (χ0v) is 14.6. The number of nitrogens with one attached hydrogen (secondary N) is 1. The number of hydrogen-bond acceptors (Lipinski definition) is 4. The predicted molar refractivity (Wildman–Crippen MR) is 101 cm³/mol. The van der Waals surface area contributed by atoms with Gasteiger partial charge >= 0.3 is 0 Å². The zero-order valence-electron chi connectivity index (χ0n) is 14.6. The van der Waals surface area contributed by atoms with Crippen LogP contribution in [-0.4, -0.2) is 21.9 Å². The Morgan fingerprint density at radius 2 is 2.04 bits per heavy atom. The molecule has 3 rings (SSSR count). The third-order valence-corrected chi connectivity index (χ3v) is 4.19. The molecule has 0 radical (unpaired) electrons. The van der Waals surface area contributed by atoms with Crippen molar-refractivity contribution in [2.75, 3.05) is 11.9 Å². The van der Waals surface area contributed by atoms with E-state index in [1.165, 1.54) is 12.5 Å². The largest absolute Gasteiger partial charge is 0.384 e. The van der Waals surface area contributed by atoms with Gasteiger partial charge in [0.25, 0.3) is 0 Å². The van der Waals surface area contributed by atoms with Crippen LogP contribution in [0.5, 0.6) is 0 Å². The van der Waals surface area contributed by atoms with E-state index in [2.05, 4.69) is 33.1 Å². The summed E-state index contributed by atoms with van der Waals surface area (Å²) < 4.78 is 2.12. The molecule has 3 aromatic rings. The van der Waals surface area contributed by atoms with Gasteiger partial charge in [-0.25, -0.2) is 4.98 Å². The first kappa shape index (κ1) is 17.4. The fourth-order valence-corrected chi connectivity index (χ4v) is 2.87. The highest BCUT2D eigenvalue weighted by Gasteiger charge is 2.09. The van der Waals surface area contributed by atoms with Crippen LogP contribution >= 0.6 is 0 Å². The molecule has 1 heterocycles. The van der Waals surface area contributed by atoms with Gasteiger partial charge in [0.05, 0.1) is 11.6 Å². The second kappa shape index (κ2) is 8.13. The predicted octanol–water partition coefficient (Wildman–Crippen LogP) is 3.66. The molecular formula is C21H20N4O. The smallest absolute Gasteiger partial charge is 0.161 e. The molecular weight excluding hydrogens is 324 g/mol. The van der Waals surface area contributed by atoms with Gasteiger partial charge in [0, 0.05) is 43.2 Å². The molecule has 0 unspecified atom stereocenters. The molecule has 0 amide bonds. The average molecular weight is 344 g/mol. The van der Waals surface area contributed by atoms with Crippen LogP contribution < -0.4 is 5.32 Å². The van der Waals surface area contributed by atoms with Gasteiger partial charge in [0.1, 0.15) is 5.82 Å². The van der Waals surface area contributed by atoms with Gasteiger partial charge in [-0.1, -0.05) is 30.3 Å². The summed E-state index contributed by atoms with van der Waals surface area (Å²) in [7, 11) is 0. The van der Waals surface area contributed by atoms with E-state index in [-0.39, 0.29) is 5.78 Å². The highest BCUT2D eigenvalue weighted by atomic mass is 16.1. The quantitative estimate of drug-likeness (QED) is 0.664. The van der Waals surface area contributed by atoms with Gasteiger partial charge in [-0.15, -0.1) is 0 Å². The van der Waals surface area contributed by atoms with Gasteiger partial charge in [-0.3, -0.25) is 4.79 Å². The Bertz CT molecular complexity index is 938. The van der Waals surface area contributed by atoms with Crippen molar-refractivity contribution in [1.82, 2.24) is 9.55 Å². The number of nitrogens with zero attached hydrogens (tertiary/aromatic N) is 3. The number of aromatic nitrogens is 2. The molecule has 0 saturated heterocycles. The standard InChI is InChI=1S/C21H20N4O/c1-16(26)19-8-7-18(14-22)13-20(19)23-10-9-21-24-11-12-25(21)15-17-5-3-2-4-6-17/h2-8,11-13,23H,9-10,15H2,1H3. The van der Waals surface area contributed by atoms with E-state index in [4.69, 9.17) is 5.26 Å². The molecule has 0 saturated carbocycles. The molecule has 1 aromatic heterocycles. The molecule has 0 aliphatic rings. The maximum Gasteiger partial charge on any atom is 0.161 e. The molecule has 0 atom stereocenters. The van der Waals surface area contributed by atoms with Crippen LogP contribution in [0.4, 0.5) is 5.69 Å². The summed E-state index contributed by atoms with van der Waals surface area (Å²) in [6, 6.07) is 17.4. The number of hydrogen-bond donors (Lipinski definition) is 1. The molecule has 0 spiro atoms. The molecule has 1 N–H and O–H groups in total. The number of ketones is 1. The van der Waals surface area contributed by atoms with Gasteiger partial charge in [-0.2, -0.15) is 5.26 Å². The molecule has 0 bridgehead atoms. The first-order valence-electron chi connectivity index (χ1n) is 8.50. The zero-order chi connectivity index (χ0) is 18.4. The summed E-state index contributed by atoms with van der Waals surface area (Å²) in [5.74, 6) is 0.949. The Balaban J connectivity index is 1.67. The van der Waals surface area contributed by atoms with Gasteiger partial charge in [-0.05, 0) is 30.7 Å². The summed E-state index contributed by atoms with van der Waals surface area (Å²) in [5.41, 5.74) is 3.04. The Hall–Kier alpha value is -3.39. The lowest BCUT2D eigenvalue weighted by molar-refractivity contribution is 0.101. The Labute approximate surface area is 152 Å². The number of imidazole rings is 1. The summed E-state index contributed by atoms with van der Waals surface area (Å²) >= 11 is 0. The van der Waals surface area contributed by atoms with Crippen molar-refractivity contribution < 1.29 is 4.79 Å². The van der Waals surface area contributed by atoms with Crippen LogP contribution in [0.1, 0.15) is 34.2 Å². The van der Waals surface area contributed by atoms with Crippen molar-refractivity contribution in [3.8, 4) is 6.07 Å². The molecule has 130 valence electrons. The van der Waals surface area contributed by atoms with Crippen molar-refractivity contribution in [1.29, 1.82) is 5.26 Å². The molecule has 26 heavy (non-hydrogen) atoms. The fraction of sp³-hybridized carbons (Fsp3) is 0.190. The SMILES string of the molecule is CC(=O)c1ccc(C#N)cc1NCCc1nccn1Cc1ccccc1. The van der Waals surface area contributed by atoms with E-state index >= 15 is 0 Å². The number of rotatable bonds is 7. The third kappa shape index (κ3) is 4.17. The minimum Gasteiger partial charge on any atom is -0.384 e. The van der Waals surface area contributed by atoms with Gasteiger partial charge in [0.2, 0.25) is 0 Å². The minimum absolute atomic E-state index is 0.0254. The van der Waals surface area contributed by atoms with Crippen molar-refractivity contribution in [3.05, 3.63) is 83.4 Å². The van der Waals surface area contributed by atoms with E-state index in [1.807, 2.05) is 24.4 Å². The number of benzene rings is 2. The van der Waals surface area contributed by atoms with E-state index in [0.717, 1.165) is 12.4 Å². The number of carbonyl (C=O) groups excluding carboxylic acids is 1. The molecule has 2 aromatic carbocycles. The third-order valence-electron chi connectivity index (χ3n) is 4.19. The number of nitriles is 1. The van der Waals surface area contributed by atoms with E-state index in [9.17, 15) is 4.79 Å². The highest BCUT2D eigenvalue weighted by molar-refractivity contribution is 5.99. The van der Waals surface area contributed by atoms with E-state index in [1.54, 1.807) is 24.4 Å². The molecule has 0 aliphatic heterocycles. The average Bonchev–Trinajstić information content (AvgIpc) is 3.09. The number of Topliss-reactive ketones (excluding diaryl/α,β-unsaturated/α-hetero) is 1. The minimum atomic E-state index is -0.0254. The Morgan fingerprint density at radius 1 is 1.23 bits per heavy atom. The van der Waals surface area contributed by atoms with E-state index in [0.29, 0.717) is 29.8 Å². The van der Waals surface area contributed by atoms with Crippen LogP contribution in [0, 0.1) is 11.3 Å². The summed E-state index contributed by atoms with van der Waals surface area (Å²) in [4.78, 5) is 16.2. The highest BCUT2D eigenvalue weighted by Crippen LogP contribution is 2.18. The summed E-state index contributed by atoms with van der Waals surface area (Å²) in [6.07, 6.45) is 4.49. The Kier molecular flexibility index (Phi) is 5.45. The molecule has 5 nitrogen and oxygen atoms in total. The van der Waals surface area contributed by atoms with Gasteiger partial charge in [0.15, 0.2) is 5.78 Å². The lowest BCUT2D eigenvalue weighted by Crippen LogP contribution is -2.12. The summed E-state index contributed by atoms with van der Waals surface area (Å²) in [5, 5.41) is 12.3. The van der Waals surface area contributed by atoms with Crippen LogP contribution in [0.25, 0.3) is 0 Å². The Morgan fingerprint density at radius 3 is 2.77 bits per heavy atom. The maximum atomic E-state index is 11.8. The first-order valence-corrected chi connectivity index (χ1v) is 8.50. The van der Waals surface area contributed by atoms with Crippen LogP contribution in [-0.2, 0) is 13.0 Å². The van der Waals surface area contributed by atoms with Crippen molar-refractivity contribution in [2.45, 2.75) is 19.9 Å². The van der Waals surface area contributed by atoms with Gasteiger partial charge < -0.3 is 9.88 Å². The second-order valence-electron chi connectivity index (χ2n) is 6.06. The first-order chi connectivity index (χ1) is 12.7. The molecule has 5 heteroatoms. The fourth-order valence-electron chi connectivity index (χ4n) is 2.87. The van der Waals surface area contributed by atoms with Crippen LogP contribution in [0.15, 0.2) is 60.9 Å². The van der Waals surface area contributed by atoms with Crippen LogP contribution in [0.3, 0.4) is 0 Å². The topological polar surface area (TPSA) is 70.7 Å².